The molecule has 0 bridgehead atoms. The summed E-state index contributed by atoms with van der Waals surface area (Å²) < 4.78 is 26.1. The van der Waals surface area contributed by atoms with Gasteiger partial charge < -0.3 is 5.73 Å². The quantitative estimate of drug-likeness (QED) is 0.784. The van der Waals surface area contributed by atoms with E-state index in [1.165, 1.54) is 12.8 Å². The fourth-order valence-corrected chi connectivity index (χ4v) is 4.05. The van der Waals surface area contributed by atoms with E-state index in [0.717, 1.165) is 25.7 Å². The summed E-state index contributed by atoms with van der Waals surface area (Å²) in [5.41, 5.74) is 5.55. The second-order valence-corrected chi connectivity index (χ2v) is 7.92. The summed E-state index contributed by atoms with van der Waals surface area (Å²) in [6.45, 7) is 3.88. The maximum Gasteiger partial charge on any atom is 0.216 e. The van der Waals surface area contributed by atoms with Crippen LogP contribution >= 0.6 is 0 Å². The van der Waals surface area contributed by atoms with Crippen LogP contribution in [-0.4, -0.2) is 37.1 Å². The molecule has 17 heavy (non-hydrogen) atoms. The zero-order chi connectivity index (χ0) is 13.1. The topological polar surface area (TPSA) is 63.4 Å². The van der Waals surface area contributed by atoms with E-state index >= 15 is 0 Å². The Morgan fingerprint density at radius 1 is 1.18 bits per heavy atom. The Morgan fingerprint density at radius 3 is 2.00 bits per heavy atom. The molecule has 0 amide bonds. The third-order valence-corrected chi connectivity index (χ3v) is 6.40. The Hall–Kier alpha value is -0.130. The van der Waals surface area contributed by atoms with E-state index in [1.54, 1.807) is 25.2 Å². The van der Waals surface area contributed by atoms with Gasteiger partial charge in [0, 0.05) is 19.1 Å². The normalized spacial score (nSPS) is 21.8. The van der Waals surface area contributed by atoms with Crippen molar-refractivity contribution < 1.29 is 8.42 Å². The third-order valence-electron chi connectivity index (χ3n) is 4.06. The number of hydrogen-bond acceptors (Lipinski definition) is 3. The molecule has 1 rings (SSSR count). The van der Waals surface area contributed by atoms with Crippen LogP contribution in [0.4, 0.5) is 0 Å². The molecule has 102 valence electrons. The molecule has 0 aromatic rings. The van der Waals surface area contributed by atoms with Crippen molar-refractivity contribution in [2.45, 2.75) is 63.2 Å². The Morgan fingerprint density at radius 2 is 1.65 bits per heavy atom. The molecule has 0 aromatic carbocycles. The number of hydrogen-bond donors (Lipinski definition) is 1. The number of nitrogens with zero attached hydrogens (tertiary/aromatic N) is 1. The first-order valence-corrected chi connectivity index (χ1v) is 8.05. The monoisotopic (exact) mass is 262 g/mol. The Kier molecular flexibility index (Phi) is 4.98. The first-order valence-electron chi connectivity index (χ1n) is 6.55. The summed E-state index contributed by atoms with van der Waals surface area (Å²) in [5.74, 6) is 0. The van der Waals surface area contributed by atoms with E-state index in [4.69, 9.17) is 5.73 Å². The fourth-order valence-electron chi connectivity index (χ4n) is 2.62. The molecule has 0 saturated heterocycles. The summed E-state index contributed by atoms with van der Waals surface area (Å²) in [6.07, 6.45) is 6.33. The van der Waals surface area contributed by atoms with Crippen molar-refractivity contribution in [3.8, 4) is 0 Å². The van der Waals surface area contributed by atoms with Gasteiger partial charge in [-0.15, -0.1) is 0 Å². The zero-order valence-electron chi connectivity index (χ0n) is 11.3. The maximum absolute atomic E-state index is 12.3. The smallest absolute Gasteiger partial charge is 0.216 e. The Balaban J connectivity index is 2.99. The van der Waals surface area contributed by atoms with Crippen molar-refractivity contribution in [3.63, 3.8) is 0 Å². The molecule has 0 aliphatic heterocycles. The van der Waals surface area contributed by atoms with E-state index in [9.17, 15) is 8.42 Å². The lowest BCUT2D eigenvalue weighted by Crippen LogP contribution is -2.55. The highest BCUT2D eigenvalue weighted by Gasteiger charge is 2.40. The second-order valence-electron chi connectivity index (χ2n) is 5.40. The van der Waals surface area contributed by atoms with Crippen molar-refractivity contribution in [2.75, 3.05) is 13.6 Å². The van der Waals surface area contributed by atoms with Crippen LogP contribution in [0.15, 0.2) is 0 Å². The molecular weight excluding hydrogens is 236 g/mol. The van der Waals surface area contributed by atoms with Crippen LogP contribution in [0.1, 0.15) is 52.4 Å². The Labute approximate surface area is 106 Å². The molecule has 0 spiro atoms. The summed E-state index contributed by atoms with van der Waals surface area (Å²) in [5, 5.41) is -0.376. The van der Waals surface area contributed by atoms with Crippen LogP contribution in [0.25, 0.3) is 0 Å². The third kappa shape index (κ3) is 3.01. The van der Waals surface area contributed by atoms with Gasteiger partial charge in [0.2, 0.25) is 10.0 Å². The number of rotatable bonds is 4. The van der Waals surface area contributed by atoms with Crippen LogP contribution in [-0.2, 0) is 10.0 Å². The van der Waals surface area contributed by atoms with Crippen LogP contribution in [0.3, 0.4) is 0 Å². The van der Waals surface area contributed by atoms with Gasteiger partial charge in [0.25, 0.3) is 0 Å². The Bertz CT molecular complexity index is 330. The summed E-state index contributed by atoms with van der Waals surface area (Å²) >= 11 is 0. The molecule has 5 heteroatoms. The molecule has 1 saturated carbocycles. The molecule has 0 radical (unpaired) electrons. The standard InChI is InChI=1S/C12H26N2O2S/c1-11(2)17(15,16)14(3)12(10-13)8-6-4-5-7-9-12/h11H,4-10,13H2,1-3H3. The van der Waals surface area contributed by atoms with E-state index in [2.05, 4.69) is 0 Å². The first-order chi connectivity index (χ1) is 7.87. The van der Waals surface area contributed by atoms with Crippen LogP contribution in [0.2, 0.25) is 0 Å². The summed E-state index contributed by atoms with van der Waals surface area (Å²) in [6, 6.07) is 0. The van der Waals surface area contributed by atoms with Crippen LogP contribution in [0, 0.1) is 0 Å². The minimum atomic E-state index is -3.21. The molecule has 0 aromatic heterocycles. The lowest BCUT2D eigenvalue weighted by Gasteiger charge is -2.40. The number of nitrogens with two attached hydrogens (primary N) is 1. The molecule has 0 heterocycles. The molecular formula is C12H26N2O2S. The molecule has 1 fully saturated rings. The predicted octanol–water partition coefficient (Wildman–Crippen LogP) is 1.71. The average molecular weight is 262 g/mol. The summed E-state index contributed by atoms with van der Waals surface area (Å²) in [4.78, 5) is 0. The lowest BCUT2D eigenvalue weighted by molar-refractivity contribution is 0.194. The largest absolute Gasteiger partial charge is 0.329 e. The van der Waals surface area contributed by atoms with Gasteiger partial charge in [0.15, 0.2) is 0 Å². The van der Waals surface area contributed by atoms with Crippen molar-refractivity contribution >= 4 is 10.0 Å². The number of sulfonamides is 1. The van der Waals surface area contributed by atoms with E-state index in [-0.39, 0.29) is 10.8 Å². The van der Waals surface area contributed by atoms with Crippen molar-refractivity contribution in [1.29, 1.82) is 0 Å². The second kappa shape index (κ2) is 5.67. The number of likely N-dealkylation sites (N-methyl/N-ethyl adjacent to an activating group) is 1. The van der Waals surface area contributed by atoms with Gasteiger partial charge in [-0.25, -0.2) is 8.42 Å². The van der Waals surface area contributed by atoms with Gasteiger partial charge in [-0.05, 0) is 26.7 Å². The van der Waals surface area contributed by atoms with E-state index in [0.29, 0.717) is 6.54 Å². The maximum atomic E-state index is 12.3. The van der Waals surface area contributed by atoms with E-state index < -0.39 is 10.0 Å². The summed E-state index contributed by atoms with van der Waals surface area (Å²) in [7, 11) is -1.51. The predicted molar refractivity (Wildman–Crippen MR) is 71.3 cm³/mol. The molecule has 0 atom stereocenters. The van der Waals surface area contributed by atoms with Crippen molar-refractivity contribution in [2.24, 2.45) is 5.73 Å². The molecule has 0 unspecified atom stereocenters. The molecule has 4 nitrogen and oxygen atoms in total. The molecule has 1 aliphatic carbocycles. The first kappa shape index (κ1) is 14.9. The molecule has 2 N–H and O–H groups in total. The van der Waals surface area contributed by atoms with Crippen molar-refractivity contribution in [1.82, 2.24) is 4.31 Å². The molecule has 1 aliphatic rings. The van der Waals surface area contributed by atoms with Gasteiger partial charge in [-0.3, -0.25) is 0 Å². The van der Waals surface area contributed by atoms with E-state index in [1.807, 2.05) is 0 Å². The van der Waals surface area contributed by atoms with Gasteiger partial charge in [0.1, 0.15) is 0 Å². The van der Waals surface area contributed by atoms with Gasteiger partial charge >= 0.3 is 0 Å². The SMILES string of the molecule is CC(C)S(=O)(=O)N(C)C1(CN)CCCCCC1. The zero-order valence-corrected chi connectivity index (χ0v) is 12.1. The fraction of sp³-hybridized carbons (Fsp3) is 1.00. The van der Waals surface area contributed by atoms with Gasteiger partial charge in [-0.1, -0.05) is 25.7 Å². The minimum absolute atomic E-state index is 0.348. The highest BCUT2D eigenvalue weighted by molar-refractivity contribution is 7.89. The van der Waals surface area contributed by atoms with Crippen molar-refractivity contribution in [3.05, 3.63) is 0 Å². The van der Waals surface area contributed by atoms with Gasteiger partial charge in [0.05, 0.1) is 5.25 Å². The highest BCUT2D eigenvalue weighted by atomic mass is 32.2. The van der Waals surface area contributed by atoms with Gasteiger partial charge in [-0.2, -0.15) is 4.31 Å². The lowest BCUT2D eigenvalue weighted by atomic mass is 9.90. The highest BCUT2D eigenvalue weighted by Crippen LogP contribution is 2.33. The minimum Gasteiger partial charge on any atom is -0.329 e. The van der Waals surface area contributed by atoms with Crippen LogP contribution < -0.4 is 5.73 Å². The van der Waals surface area contributed by atoms with Crippen LogP contribution in [0.5, 0.6) is 0 Å². The average Bonchev–Trinajstić information content (AvgIpc) is 2.53.